The lowest BCUT2D eigenvalue weighted by Crippen LogP contribution is -2.42. The maximum atomic E-state index is 5.95. The number of hydrogen-bond donors (Lipinski definition) is 1. The quantitative estimate of drug-likeness (QED) is 0.887. The molecule has 1 saturated heterocycles. The van der Waals surface area contributed by atoms with E-state index in [9.17, 15) is 0 Å². The van der Waals surface area contributed by atoms with E-state index in [0.717, 1.165) is 22.9 Å². The molecule has 2 aliphatic rings. The molecule has 2 nitrogen and oxygen atoms in total. The van der Waals surface area contributed by atoms with Crippen molar-refractivity contribution in [2.75, 3.05) is 19.6 Å². The van der Waals surface area contributed by atoms with Gasteiger partial charge in [0, 0.05) is 23.7 Å². The predicted molar refractivity (Wildman–Crippen MR) is 90.0 cm³/mol. The molecule has 0 bridgehead atoms. The highest BCUT2D eigenvalue weighted by atomic mass is 35.5. The number of likely N-dealkylation sites (tertiary alicyclic amines) is 1. The molecule has 1 unspecified atom stereocenters. The van der Waals surface area contributed by atoms with Crippen molar-refractivity contribution in [2.45, 2.75) is 51.1 Å². The third-order valence-corrected chi connectivity index (χ3v) is 5.47. The van der Waals surface area contributed by atoms with E-state index in [4.69, 9.17) is 11.6 Å². The first-order valence-electron chi connectivity index (χ1n) is 8.34. The van der Waals surface area contributed by atoms with Gasteiger partial charge in [-0.25, -0.2) is 0 Å². The fourth-order valence-electron chi connectivity index (χ4n) is 3.62. The highest BCUT2D eigenvalue weighted by molar-refractivity contribution is 6.30. The molecule has 2 fully saturated rings. The lowest BCUT2D eigenvalue weighted by molar-refractivity contribution is 0.250. The maximum absolute atomic E-state index is 5.95. The Morgan fingerprint density at radius 1 is 1.24 bits per heavy atom. The highest BCUT2D eigenvalue weighted by Gasteiger charge is 2.31. The van der Waals surface area contributed by atoms with E-state index in [1.54, 1.807) is 0 Å². The fourth-order valence-corrected chi connectivity index (χ4v) is 3.75. The van der Waals surface area contributed by atoms with Gasteiger partial charge in [0.05, 0.1) is 0 Å². The average Bonchev–Trinajstić information content (AvgIpc) is 2.88. The average molecular weight is 307 g/mol. The summed E-state index contributed by atoms with van der Waals surface area (Å²) in [7, 11) is 0. The molecule has 1 heterocycles. The molecule has 21 heavy (non-hydrogen) atoms. The number of rotatable bonds is 5. The van der Waals surface area contributed by atoms with Crippen LogP contribution in [0.1, 0.15) is 44.6 Å². The SMILES string of the molecule is CC(C)N1CCC(CNC2CC(c3ccc(Cl)cc3)C2)C1. The maximum Gasteiger partial charge on any atom is 0.0406 e. The van der Waals surface area contributed by atoms with E-state index >= 15 is 0 Å². The first kappa shape index (κ1) is 15.3. The lowest BCUT2D eigenvalue weighted by Gasteiger charge is -2.37. The molecule has 1 aliphatic carbocycles. The second kappa shape index (κ2) is 6.68. The predicted octanol–water partition coefficient (Wildman–Crippen LogP) is 3.91. The van der Waals surface area contributed by atoms with Crippen LogP contribution in [0.3, 0.4) is 0 Å². The van der Waals surface area contributed by atoms with Crippen LogP contribution in [-0.2, 0) is 0 Å². The van der Waals surface area contributed by atoms with E-state index in [1.807, 2.05) is 12.1 Å². The monoisotopic (exact) mass is 306 g/mol. The van der Waals surface area contributed by atoms with Crippen LogP contribution in [0.25, 0.3) is 0 Å². The van der Waals surface area contributed by atoms with E-state index < -0.39 is 0 Å². The molecular weight excluding hydrogens is 280 g/mol. The summed E-state index contributed by atoms with van der Waals surface area (Å²) in [4.78, 5) is 2.60. The van der Waals surface area contributed by atoms with Crippen molar-refractivity contribution in [1.82, 2.24) is 10.2 Å². The van der Waals surface area contributed by atoms with E-state index in [1.165, 1.54) is 44.5 Å². The van der Waals surface area contributed by atoms with Gasteiger partial charge in [-0.15, -0.1) is 0 Å². The second-order valence-corrected chi connectivity index (χ2v) is 7.50. The van der Waals surface area contributed by atoms with Crippen molar-refractivity contribution in [3.63, 3.8) is 0 Å². The molecule has 116 valence electrons. The smallest absolute Gasteiger partial charge is 0.0406 e. The third-order valence-electron chi connectivity index (χ3n) is 5.22. The van der Waals surface area contributed by atoms with E-state index in [0.29, 0.717) is 6.04 Å². The van der Waals surface area contributed by atoms with Crippen LogP contribution in [0.15, 0.2) is 24.3 Å². The Bertz CT molecular complexity index is 451. The Morgan fingerprint density at radius 2 is 1.95 bits per heavy atom. The molecule has 3 rings (SSSR count). The number of hydrogen-bond acceptors (Lipinski definition) is 2. The van der Waals surface area contributed by atoms with Gasteiger partial charge in [-0.05, 0) is 75.7 Å². The minimum absolute atomic E-state index is 0.702. The van der Waals surface area contributed by atoms with Crippen LogP contribution >= 0.6 is 11.6 Å². The molecule has 0 radical (unpaired) electrons. The summed E-state index contributed by atoms with van der Waals surface area (Å²) in [6, 6.07) is 9.81. The zero-order valence-corrected chi connectivity index (χ0v) is 13.9. The zero-order valence-electron chi connectivity index (χ0n) is 13.2. The van der Waals surface area contributed by atoms with Gasteiger partial charge in [0.2, 0.25) is 0 Å². The topological polar surface area (TPSA) is 15.3 Å². The molecule has 1 aromatic carbocycles. The Hall–Kier alpha value is -0.570. The summed E-state index contributed by atoms with van der Waals surface area (Å²) < 4.78 is 0. The van der Waals surface area contributed by atoms with Crippen LogP contribution in [0.2, 0.25) is 5.02 Å². The summed E-state index contributed by atoms with van der Waals surface area (Å²) in [5, 5.41) is 4.62. The van der Waals surface area contributed by atoms with Crippen LogP contribution in [-0.4, -0.2) is 36.6 Å². The van der Waals surface area contributed by atoms with Crippen molar-refractivity contribution < 1.29 is 0 Å². The van der Waals surface area contributed by atoms with Gasteiger partial charge in [0.15, 0.2) is 0 Å². The Morgan fingerprint density at radius 3 is 2.57 bits per heavy atom. The van der Waals surface area contributed by atoms with Crippen LogP contribution < -0.4 is 5.32 Å². The molecule has 0 aromatic heterocycles. The first-order valence-corrected chi connectivity index (χ1v) is 8.72. The minimum atomic E-state index is 0.702. The standard InChI is InChI=1S/C18H27ClN2/c1-13(2)21-8-7-14(12-21)11-20-18-9-16(10-18)15-3-5-17(19)6-4-15/h3-6,13-14,16,18,20H,7-12H2,1-2H3. The van der Waals surface area contributed by atoms with Crippen LogP contribution in [0.4, 0.5) is 0 Å². The summed E-state index contributed by atoms with van der Waals surface area (Å²) >= 11 is 5.95. The van der Waals surface area contributed by atoms with E-state index in [-0.39, 0.29) is 0 Å². The van der Waals surface area contributed by atoms with Crippen LogP contribution in [0.5, 0.6) is 0 Å². The third kappa shape index (κ3) is 3.80. The molecule has 3 heteroatoms. The Labute approximate surface area is 133 Å². The number of halogens is 1. The van der Waals surface area contributed by atoms with Crippen molar-refractivity contribution in [1.29, 1.82) is 0 Å². The summed E-state index contributed by atoms with van der Waals surface area (Å²) in [5.41, 5.74) is 1.45. The molecule has 1 aliphatic heterocycles. The molecule has 1 aromatic rings. The van der Waals surface area contributed by atoms with Crippen molar-refractivity contribution >= 4 is 11.6 Å². The number of nitrogens with zero attached hydrogens (tertiary/aromatic N) is 1. The van der Waals surface area contributed by atoms with Crippen molar-refractivity contribution in [2.24, 2.45) is 5.92 Å². The highest BCUT2D eigenvalue weighted by Crippen LogP contribution is 2.37. The number of benzene rings is 1. The van der Waals surface area contributed by atoms with Crippen molar-refractivity contribution in [3.05, 3.63) is 34.9 Å². The number of nitrogens with one attached hydrogen (secondary N) is 1. The van der Waals surface area contributed by atoms with Gasteiger partial charge < -0.3 is 10.2 Å². The first-order chi connectivity index (χ1) is 10.1. The minimum Gasteiger partial charge on any atom is -0.314 e. The van der Waals surface area contributed by atoms with Gasteiger partial charge in [-0.2, -0.15) is 0 Å². The molecule has 0 spiro atoms. The van der Waals surface area contributed by atoms with Gasteiger partial charge in [-0.1, -0.05) is 23.7 Å². The zero-order chi connectivity index (χ0) is 14.8. The van der Waals surface area contributed by atoms with Gasteiger partial charge >= 0.3 is 0 Å². The van der Waals surface area contributed by atoms with Crippen LogP contribution in [0, 0.1) is 5.92 Å². The Balaban J connectivity index is 1.37. The summed E-state index contributed by atoms with van der Waals surface area (Å²) in [6.45, 7) is 8.36. The van der Waals surface area contributed by atoms with E-state index in [2.05, 4.69) is 36.2 Å². The second-order valence-electron chi connectivity index (χ2n) is 7.07. The molecule has 1 atom stereocenters. The Kier molecular flexibility index (Phi) is 4.88. The fraction of sp³-hybridized carbons (Fsp3) is 0.667. The van der Waals surface area contributed by atoms with Crippen molar-refractivity contribution in [3.8, 4) is 0 Å². The van der Waals surface area contributed by atoms with Gasteiger partial charge in [0.25, 0.3) is 0 Å². The van der Waals surface area contributed by atoms with Gasteiger partial charge in [-0.3, -0.25) is 0 Å². The molecule has 1 saturated carbocycles. The largest absolute Gasteiger partial charge is 0.314 e. The summed E-state index contributed by atoms with van der Waals surface area (Å²) in [6.07, 6.45) is 3.92. The normalized spacial score (nSPS) is 29.8. The molecule has 1 N–H and O–H groups in total. The molecule has 0 amide bonds. The molecular formula is C18H27ClN2. The summed E-state index contributed by atoms with van der Waals surface area (Å²) in [5.74, 6) is 1.58. The van der Waals surface area contributed by atoms with Gasteiger partial charge in [0.1, 0.15) is 0 Å². The lowest BCUT2D eigenvalue weighted by atomic mass is 9.76.